The van der Waals surface area contributed by atoms with Crippen LogP contribution in [-0.4, -0.2) is 35.3 Å². The number of nitrogens with two attached hydrogens (primary N) is 1. The number of hydrogen-bond acceptors (Lipinski definition) is 7. The summed E-state index contributed by atoms with van der Waals surface area (Å²) in [5, 5.41) is 14.5. The first kappa shape index (κ1) is 23.4. The van der Waals surface area contributed by atoms with Crippen LogP contribution >= 0.6 is 11.3 Å². The minimum absolute atomic E-state index is 0.120. The number of thiophene rings is 1. The lowest BCUT2D eigenvalue weighted by atomic mass is 9.98. The van der Waals surface area contributed by atoms with Gasteiger partial charge in [0.2, 0.25) is 0 Å². The van der Waals surface area contributed by atoms with E-state index < -0.39 is 6.04 Å². The van der Waals surface area contributed by atoms with Crippen molar-refractivity contribution in [2.75, 3.05) is 5.73 Å². The van der Waals surface area contributed by atoms with E-state index in [0.717, 1.165) is 32.6 Å². The molecule has 0 saturated heterocycles. The number of aromatic nitrogens is 6. The van der Waals surface area contributed by atoms with E-state index in [1.165, 1.54) is 15.9 Å². The third-order valence-electron chi connectivity index (χ3n) is 6.13. The number of benzene rings is 1. The molecule has 0 aliphatic heterocycles. The SMILES string of the molecule is CC(NC(=O)c1c(N)nn2cccnc12)c1nc2scc(C#Cc3ccn(C)n3)c2cc1-c1ccccc1. The van der Waals surface area contributed by atoms with Gasteiger partial charge in [0.15, 0.2) is 11.5 Å². The zero-order valence-electron chi connectivity index (χ0n) is 20.6. The number of carbonyl (C=O) groups is 1. The van der Waals surface area contributed by atoms with Gasteiger partial charge in [-0.25, -0.2) is 14.5 Å². The maximum absolute atomic E-state index is 13.3. The number of rotatable bonds is 4. The van der Waals surface area contributed by atoms with Crippen LogP contribution < -0.4 is 11.1 Å². The number of nitrogens with one attached hydrogen (secondary N) is 1. The molecule has 0 radical (unpaired) electrons. The summed E-state index contributed by atoms with van der Waals surface area (Å²) >= 11 is 1.52. The summed E-state index contributed by atoms with van der Waals surface area (Å²) in [5.74, 6) is 6.13. The molecule has 0 aliphatic rings. The van der Waals surface area contributed by atoms with Crippen LogP contribution in [-0.2, 0) is 7.05 Å². The first-order chi connectivity index (χ1) is 18.5. The largest absolute Gasteiger partial charge is 0.381 e. The fourth-order valence-electron chi connectivity index (χ4n) is 4.32. The van der Waals surface area contributed by atoms with E-state index in [0.29, 0.717) is 11.3 Å². The Kier molecular flexibility index (Phi) is 5.82. The second-order valence-electron chi connectivity index (χ2n) is 8.76. The van der Waals surface area contributed by atoms with E-state index >= 15 is 0 Å². The van der Waals surface area contributed by atoms with Crippen molar-refractivity contribution >= 4 is 38.9 Å². The summed E-state index contributed by atoms with van der Waals surface area (Å²) in [6.07, 6.45) is 5.17. The molecule has 186 valence electrons. The van der Waals surface area contributed by atoms with Crippen LogP contribution in [0.5, 0.6) is 0 Å². The number of amides is 1. The Bertz CT molecular complexity index is 1870. The fraction of sp³-hybridized carbons (Fsp3) is 0.107. The van der Waals surface area contributed by atoms with E-state index in [-0.39, 0.29) is 17.3 Å². The monoisotopic (exact) mass is 518 g/mol. The van der Waals surface area contributed by atoms with Crippen molar-refractivity contribution in [2.24, 2.45) is 7.05 Å². The molecule has 6 aromatic rings. The van der Waals surface area contributed by atoms with Crippen LogP contribution in [0.3, 0.4) is 0 Å². The predicted molar refractivity (Wildman–Crippen MR) is 148 cm³/mol. The van der Waals surface area contributed by atoms with Crippen molar-refractivity contribution in [3.05, 3.63) is 95.0 Å². The maximum Gasteiger partial charge on any atom is 0.259 e. The van der Waals surface area contributed by atoms with E-state index in [9.17, 15) is 4.79 Å². The summed E-state index contributed by atoms with van der Waals surface area (Å²) < 4.78 is 3.22. The average molecular weight is 519 g/mol. The van der Waals surface area contributed by atoms with E-state index in [1.807, 2.05) is 61.9 Å². The number of anilines is 1. The average Bonchev–Trinajstić information content (AvgIpc) is 3.62. The van der Waals surface area contributed by atoms with Gasteiger partial charge in [0.05, 0.1) is 11.7 Å². The molecule has 0 saturated carbocycles. The van der Waals surface area contributed by atoms with E-state index in [2.05, 4.69) is 38.4 Å². The summed E-state index contributed by atoms with van der Waals surface area (Å²) in [5.41, 5.74) is 10.9. The molecule has 3 N–H and O–H groups in total. The topological polar surface area (TPSA) is 116 Å². The molecule has 6 rings (SSSR count). The van der Waals surface area contributed by atoms with Crippen molar-refractivity contribution in [3.63, 3.8) is 0 Å². The molecule has 38 heavy (non-hydrogen) atoms. The van der Waals surface area contributed by atoms with Gasteiger partial charge >= 0.3 is 0 Å². The minimum atomic E-state index is -0.426. The highest BCUT2D eigenvalue weighted by atomic mass is 32.1. The lowest BCUT2D eigenvalue weighted by Crippen LogP contribution is -2.28. The Morgan fingerprint density at radius 3 is 2.74 bits per heavy atom. The van der Waals surface area contributed by atoms with Gasteiger partial charge < -0.3 is 11.1 Å². The molecule has 9 nitrogen and oxygen atoms in total. The minimum Gasteiger partial charge on any atom is -0.381 e. The Hall–Kier alpha value is -5.01. The molecular formula is C28H22N8OS. The van der Waals surface area contributed by atoms with Gasteiger partial charge in [-0.1, -0.05) is 36.3 Å². The van der Waals surface area contributed by atoms with Gasteiger partial charge in [-0.15, -0.1) is 16.4 Å². The molecule has 1 atom stereocenters. The normalized spacial score (nSPS) is 11.8. The number of pyridine rings is 1. The maximum atomic E-state index is 13.3. The standard InChI is InChI=1S/C28H22N8OS/c1-17(31-27(37)23-25(29)34-36-13-6-12-30-26(23)36)24-21(18-7-4-3-5-8-18)15-22-19(16-38-28(22)32-24)9-10-20-11-14-35(2)33-20/h3-8,11-17H,1-2H3,(H2,29,34)(H,31,37). The molecule has 1 unspecified atom stereocenters. The third-order valence-corrected chi connectivity index (χ3v) is 7.01. The number of hydrogen-bond donors (Lipinski definition) is 2. The highest BCUT2D eigenvalue weighted by Gasteiger charge is 2.24. The molecule has 0 spiro atoms. The molecule has 0 fully saturated rings. The van der Waals surface area contributed by atoms with E-state index in [1.54, 1.807) is 23.1 Å². The zero-order valence-corrected chi connectivity index (χ0v) is 21.4. The first-order valence-corrected chi connectivity index (χ1v) is 12.7. The smallest absolute Gasteiger partial charge is 0.259 e. The van der Waals surface area contributed by atoms with Gasteiger partial charge in [0, 0.05) is 47.5 Å². The molecule has 1 amide bonds. The predicted octanol–water partition coefficient (Wildman–Crippen LogP) is 4.21. The highest BCUT2D eigenvalue weighted by molar-refractivity contribution is 7.17. The van der Waals surface area contributed by atoms with Crippen molar-refractivity contribution in [1.82, 2.24) is 34.7 Å². The zero-order chi connectivity index (χ0) is 26.2. The number of carbonyl (C=O) groups excluding carboxylic acids is 1. The highest BCUT2D eigenvalue weighted by Crippen LogP contribution is 2.34. The van der Waals surface area contributed by atoms with Crippen LogP contribution in [0.4, 0.5) is 5.82 Å². The lowest BCUT2D eigenvalue weighted by molar-refractivity contribution is 0.0941. The number of aryl methyl sites for hydroxylation is 1. The fourth-order valence-corrected chi connectivity index (χ4v) is 5.18. The Balaban J connectivity index is 1.40. The summed E-state index contributed by atoms with van der Waals surface area (Å²) in [6.45, 7) is 1.91. The Morgan fingerprint density at radius 1 is 1.11 bits per heavy atom. The molecule has 0 bridgehead atoms. The van der Waals surface area contributed by atoms with Crippen LogP contribution in [0, 0.1) is 11.8 Å². The van der Waals surface area contributed by atoms with Crippen LogP contribution in [0.2, 0.25) is 0 Å². The Morgan fingerprint density at radius 2 is 1.95 bits per heavy atom. The molecular weight excluding hydrogens is 496 g/mol. The van der Waals surface area contributed by atoms with Crippen molar-refractivity contribution in [2.45, 2.75) is 13.0 Å². The first-order valence-electron chi connectivity index (χ1n) is 11.9. The number of nitrogens with zero attached hydrogens (tertiary/aromatic N) is 6. The number of fused-ring (bicyclic) bond motifs is 2. The van der Waals surface area contributed by atoms with Gasteiger partial charge in [0.1, 0.15) is 16.1 Å². The molecule has 1 aromatic carbocycles. The third kappa shape index (κ3) is 4.25. The lowest BCUT2D eigenvalue weighted by Gasteiger charge is -2.18. The quantitative estimate of drug-likeness (QED) is 0.338. The van der Waals surface area contributed by atoms with Gasteiger partial charge in [0.25, 0.3) is 5.91 Å². The van der Waals surface area contributed by atoms with Gasteiger partial charge in [-0.05, 0) is 36.6 Å². The van der Waals surface area contributed by atoms with Crippen LogP contribution in [0.25, 0.3) is 27.0 Å². The molecule has 10 heteroatoms. The second-order valence-corrected chi connectivity index (χ2v) is 9.62. The second kappa shape index (κ2) is 9.46. The number of nitrogen functional groups attached to an aromatic ring is 1. The van der Waals surface area contributed by atoms with Crippen molar-refractivity contribution in [3.8, 4) is 23.0 Å². The van der Waals surface area contributed by atoms with Crippen molar-refractivity contribution < 1.29 is 4.79 Å². The van der Waals surface area contributed by atoms with Crippen LogP contribution in [0.15, 0.2) is 72.5 Å². The summed E-state index contributed by atoms with van der Waals surface area (Å²) in [7, 11) is 1.86. The summed E-state index contributed by atoms with van der Waals surface area (Å²) in [4.78, 5) is 23.4. The van der Waals surface area contributed by atoms with Gasteiger partial charge in [-0.2, -0.15) is 5.10 Å². The Labute approximate surface area is 222 Å². The van der Waals surface area contributed by atoms with E-state index in [4.69, 9.17) is 10.7 Å². The molecule has 0 aliphatic carbocycles. The van der Waals surface area contributed by atoms with Crippen molar-refractivity contribution in [1.29, 1.82) is 0 Å². The molecule has 5 aromatic heterocycles. The van der Waals surface area contributed by atoms with Crippen LogP contribution in [0.1, 0.15) is 40.3 Å². The summed E-state index contributed by atoms with van der Waals surface area (Å²) in [6, 6.07) is 15.3. The molecule has 5 heterocycles. The van der Waals surface area contributed by atoms with Gasteiger partial charge in [-0.3, -0.25) is 9.48 Å².